The molecule has 2 heterocycles. The van der Waals surface area contributed by atoms with E-state index in [1.807, 2.05) is 0 Å². The maximum Gasteiger partial charge on any atom is 0.344 e. The van der Waals surface area contributed by atoms with Crippen LogP contribution in [-0.2, 0) is 9.53 Å². The van der Waals surface area contributed by atoms with Gasteiger partial charge in [-0.15, -0.1) is 11.3 Å². The Morgan fingerprint density at radius 1 is 1.34 bits per heavy atom. The highest BCUT2D eigenvalue weighted by Crippen LogP contribution is 2.27. The number of nitro groups is 1. The maximum absolute atomic E-state index is 12.3. The van der Waals surface area contributed by atoms with Crippen molar-refractivity contribution in [3.63, 3.8) is 0 Å². The van der Waals surface area contributed by atoms with E-state index < -0.39 is 22.9 Å². The molecule has 0 aliphatic carbocycles. The summed E-state index contributed by atoms with van der Waals surface area (Å²) in [5.74, 6) is -0.966. The first-order valence-electron chi connectivity index (χ1n) is 8.41. The van der Waals surface area contributed by atoms with Crippen molar-refractivity contribution in [1.82, 2.24) is 10.1 Å². The summed E-state index contributed by atoms with van der Waals surface area (Å²) in [6.45, 7) is 4.61. The van der Waals surface area contributed by atoms with E-state index in [4.69, 9.17) is 9.26 Å². The molecule has 0 aliphatic heterocycles. The van der Waals surface area contributed by atoms with Gasteiger partial charge in [0.25, 0.3) is 11.6 Å². The van der Waals surface area contributed by atoms with Crippen molar-refractivity contribution in [3.8, 4) is 11.3 Å². The molecule has 3 aromatic rings. The zero-order valence-electron chi connectivity index (χ0n) is 15.7. The predicted molar refractivity (Wildman–Crippen MR) is 104 cm³/mol. The fourth-order valence-electron chi connectivity index (χ4n) is 2.50. The van der Waals surface area contributed by atoms with Crippen LogP contribution in [0, 0.1) is 24.0 Å². The number of hydrogen-bond acceptors (Lipinski definition) is 9. The number of benzene rings is 1. The summed E-state index contributed by atoms with van der Waals surface area (Å²) < 4.78 is 10.1. The van der Waals surface area contributed by atoms with Crippen molar-refractivity contribution in [1.29, 1.82) is 0 Å². The number of thiazole rings is 1. The summed E-state index contributed by atoms with van der Waals surface area (Å²) in [5, 5.41) is 19.1. The summed E-state index contributed by atoms with van der Waals surface area (Å²) in [5.41, 5.74) is 1.54. The van der Waals surface area contributed by atoms with Gasteiger partial charge in [-0.2, -0.15) is 0 Å². The van der Waals surface area contributed by atoms with Gasteiger partial charge in [0.05, 0.1) is 16.3 Å². The quantitative estimate of drug-likeness (QED) is 0.366. The number of esters is 1. The summed E-state index contributed by atoms with van der Waals surface area (Å²) >= 11 is 1.15. The third-order valence-corrected chi connectivity index (χ3v) is 4.74. The third kappa shape index (κ3) is 4.46. The molecule has 0 spiro atoms. The molecule has 0 aliphatic rings. The molecule has 2 aromatic heterocycles. The van der Waals surface area contributed by atoms with Crippen LogP contribution >= 0.6 is 11.3 Å². The third-order valence-electron chi connectivity index (χ3n) is 3.98. The van der Waals surface area contributed by atoms with Crippen molar-refractivity contribution in [2.24, 2.45) is 0 Å². The van der Waals surface area contributed by atoms with Crippen LogP contribution in [0.1, 0.15) is 28.7 Å². The Morgan fingerprint density at radius 3 is 2.76 bits per heavy atom. The molecule has 29 heavy (non-hydrogen) atoms. The second kappa shape index (κ2) is 8.19. The van der Waals surface area contributed by atoms with Crippen LogP contribution in [0.25, 0.3) is 11.3 Å². The Bertz CT molecular complexity index is 1070. The Balaban J connectivity index is 1.66. The van der Waals surface area contributed by atoms with Crippen LogP contribution in [0.2, 0.25) is 0 Å². The van der Waals surface area contributed by atoms with Gasteiger partial charge in [0.15, 0.2) is 11.2 Å². The summed E-state index contributed by atoms with van der Waals surface area (Å²) in [4.78, 5) is 39.2. The molecular weight excluding hydrogens is 400 g/mol. The Morgan fingerprint density at radius 2 is 2.10 bits per heavy atom. The van der Waals surface area contributed by atoms with Crippen LogP contribution in [0.15, 0.2) is 34.2 Å². The number of hydrogen-bond donors (Lipinski definition) is 1. The molecule has 1 atom stereocenters. The zero-order valence-corrected chi connectivity index (χ0v) is 16.5. The molecule has 11 heteroatoms. The van der Waals surface area contributed by atoms with Gasteiger partial charge in [-0.1, -0.05) is 17.3 Å². The molecule has 0 saturated heterocycles. The van der Waals surface area contributed by atoms with E-state index in [9.17, 15) is 19.7 Å². The zero-order chi connectivity index (χ0) is 21.1. The Labute approximate surface area is 168 Å². The molecule has 0 radical (unpaired) electrons. The van der Waals surface area contributed by atoms with E-state index in [1.54, 1.807) is 31.4 Å². The molecule has 1 amide bonds. The highest BCUT2D eigenvalue weighted by Gasteiger charge is 2.24. The number of nitrogens with zero attached hydrogens (tertiary/aromatic N) is 3. The van der Waals surface area contributed by atoms with Crippen LogP contribution in [0.3, 0.4) is 0 Å². The number of amides is 1. The SMILES string of the molecule is Cc1noc(C)c1C(=O)O[C@H](C)C(=O)Nc1nc(-c2cccc([N+](=O)[O-])c2)cs1. The molecule has 0 unspecified atom stereocenters. The number of anilines is 1. The van der Waals surface area contributed by atoms with Gasteiger partial charge in [-0.3, -0.25) is 20.2 Å². The second-order valence-electron chi connectivity index (χ2n) is 6.08. The van der Waals surface area contributed by atoms with Gasteiger partial charge in [0.1, 0.15) is 11.3 Å². The number of non-ortho nitro benzene ring substituents is 1. The van der Waals surface area contributed by atoms with Crippen molar-refractivity contribution in [2.45, 2.75) is 26.9 Å². The Kier molecular flexibility index (Phi) is 5.69. The lowest BCUT2D eigenvalue weighted by atomic mass is 10.1. The lowest BCUT2D eigenvalue weighted by Gasteiger charge is -2.12. The minimum atomic E-state index is -1.08. The van der Waals surface area contributed by atoms with Crippen LogP contribution in [-0.4, -0.2) is 33.0 Å². The van der Waals surface area contributed by atoms with E-state index in [2.05, 4.69) is 15.5 Å². The van der Waals surface area contributed by atoms with Crippen molar-refractivity contribution in [2.75, 3.05) is 5.32 Å². The first kappa shape index (κ1) is 20.1. The number of rotatable bonds is 6. The standard InChI is InChI=1S/C18H16N4O6S/c1-9-15(10(2)28-21-9)17(24)27-11(3)16(23)20-18-19-14(8-29-18)12-5-4-6-13(7-12)22(25)26/h4-8,11H,1-3H3,(H,19,20,23)/t11-/m1/s1. The van der Waals surface area contributed by atoms with Crippen molar-refractivity contribution >= 4 is 34.0 Å². The number of aryl methyl sites for hydroxylation is 2. The highest BCUT2D eigenvalue weighted by molar-refractivity contribution is 7.14. The molecule has 10 nitrogen and oxygen atoms in total. The second-order valence-corrected chi connectivity index (χ2v) is 6.94. The first-order chi connectivity index (χ1) is 13.8. The van der Waals surface area contributed by atoms with Gasteiger partial charge < -0.3 is 9.26 Å². The Hall–Kier alpha value is -3.60. The molecule has 0 fully saturated rings. The summed E-state index contributed by atoms with van der Waals surface area (Å²) in [7, 11) is 0. The number of nitrogens with one attached hydrogen (secondary N) is 1. The predicted octanol–water partition coefficient (Wildman–Crippen LogP) is 3.51. The van der Waals surface area contributed by atoms with Crippen molar-refractivity contribution in [3.05, 3.63) is 56.8 Å². The largest absolute Gasteiger partial charge is 0.449 e. The summed E-state index contributed by atoms with van der Waals surface area (Å²) in [6, 6.07) is 6.02. The molecule has 3 rings (SSSR count). The monoisotopic (exact) mass is 416 g/mol. The fraction of sp³-hybridized carbons (Fsp3) is 0.222. The van der Waals surface area contributed by atoms with Gasteiger partial charge in [-0.25, -0.2) is 9.78 Å². The smallest absolute Gasteiger partial charge is 0.344 e. The lowest BCUT2D eigenvalue weighted by Crippen LogP contribution is -2.30. The number of nitro benzene ring substituents is 1. The maximum atomic E-state index is 12.3. The van der Waals surface area contributed by atoms with E-state index in [0.717, 1.165) is 11.3 Å². The van der Waals surface area contributed by atoms with Crippen LogP contribution < -0.4 is 5.32 Å². The number of aromatic nitrogens is 2. The minimum Gasteiger partial charge on any atom is -0.449 e. The van der Waals surface area contributed by atoms with E-state index in [0.29, 0.717) is 22.7 Å². The van der Waals surface area contributed by atoms with E-state index in [1.165, 1.54) is 19.1 Å². The first-order valence-corrected chi connectivity index (χ1v) is 9.29. The summed E-state index contributed by atoms with van der Waals surface area (Å²) in [6.07, 6.45) is -1.08. The minimum absolute atomic E-state index is 0.0547. The molecule has 1 aromatic carbocycles. The average Bonchev–Trinajstić information content (AvgIpc) is 3.28. The molecular formula is C18H16N4O6S. The average molecular weight is 416 g/mol. The van der Waals surface area contributed by atoms with E-state index in [-0.39, 0.29) is 16.4 Å². The molecule has 0 bridgehead atoms. The van der Waals surface area contributed by atoms with Gasteiger partial charge >= 0.3 is 5.97 Å². The van der Waals surface area contributed by atoms with Gasteiger partial charge in [0, 0.05) is 23.1 Å². The number of carbonyl (C=O) groups excluding carboxylic acids is 2. The highest BCUT2D eigenvalue weighted by atomic mass is 32.1. The molecule has 0 saturated carbocycles. The van der Waals surface area contributed by atoms with Crippen molar-refractivity contribution < 1.29 is 23.8 Å². The van der Waals surface area contributed by atoms with Crippen LogP contribution in [0.4, 0.5) is 10.8 Å². The van der Waals surface area contributed by atoms with E-state index >= 15 is 0 Å². The molecule has 1 N–H and O–H groups in total. The molecule has 150 valence electrons. The number of ether oxygens (including phenoxy) is 1. The van der Waals surface area contributed by atoms with Gasteiger partial charge in [0.2, 0.25) is 0 Å². The fourth-order valence-corrected chi connectivity index (χ4v) is 3.22. The van der Waals surface area contributed by atoms with Crippen LogP contribution in [0.5, 0.6) is 0 Å². The normalized spacial score (nSPS) is 11.7. The van der Waals surface area contributed by atoms with Gasteiger partial charge in [-0.05, 0) is 20.8 Å². The topological polar surface area (TPSA) is 137 Å². The number of carbonyl (C=O) groups is 2. The lowest BCUT2D eigenvalue weighted by molar-refractivity contribution is -0.384.